The van der Waals surface area contributed by atoms with Crippen LogP contribution in [0, 0.1) is 11.8 Å². The molecule has 1 aromatic rings. The Morgan fingerprint density at radius 3 is 1.71 bits per heavy atom. The number of aliphatic hydroxyl groups excluding tert-OH is 2. The molecular weight excluding hydrogens is 1250 g/mol. The van der Waals surface area contributed by atoms with Gasteiger partial charge in [-0.2, -0.15) is 0 Å². The van der Waals surface area contributed by atoms with Crippen molar-refractivity contribution in [3.05, 3.63) is 29.8 Å². The lowest BCUT2D eigenvalue weighted by Crippen LogP contribution is -2.62. The van der Waals surface area contributed by atoms with Gasteiger partial charge < -0.3 is 112 Å². The van der Waals surface area contributed by atoms with Crippen molar-refractivity contribution < 1.29 is 87.5 Å². The Morgan fingerprint density at radius 1 is 0.589 bits per heavy atom. The van der Waals surface area contributed by atoms with E-state index in [4.69, 9.17) is 28.7 Å². The Labute approximate surface area is 550 Å². The summed E-state index contributed by atoms with van der Waals surface area (Å²) in [6.45, 7) is 8.59. The number of carbonyl (C=O) groups excluding carboxylic acids is 13. The maximum atomic E-state index is 14.4. The minimum atomic E-state index is -1.73. The second-order valence-electron chi connectivity index (χ2n) is 23.5. The van der Waals surface area contributed by atoms with E-state index in [9.17, 15) is 87.5 Å². The van der Waals surface area contributed by atoms with Crippen molar-refractivity contribution in [3.8, 4) is 5.75 Å². The van der Waals surface area contributed by atoms with Crippen molar-refractivity contribution in [1.29, 1.82) is 0 Å². The third kappa shape index (κ3) is 29.3. The van der Waals surface area contributed by atoms with E-state index in [1.807, 2.05) is 0 Å². The van der Waals surface area contributed by atoms with E-state index in [1.165, 1.54) is 43.0 Å². The molecule has 25 N–H and O–H groups in total. The number of amides is 13. The van der Waals surface area contributed by atoms with Gasteiger partial charge in [0.25, 0.3) is 0 Å². The molecule has 532 valence electrons. The lowest BCUT2D eigenvalue weighted by Gasteiger charge is -2.30. The zero-order valence-electron chi connectivity index (χ0n) is 54.7. The van der Waals surface area contributed by atoms with Crippen molar-refractivity contribution in [3.63, 3.8) is 0 Å². The van der Waals surface area contributed by atoms with Crippen LogP contribution < -0.4 is 87.2 Å². The van der Waals surface area contributed by atoms with Crippen LogP contribution in [0.4, 0.5) is 0 Å². The zero-order valence-corrected chi connectivity index (χ0v) is 54.7. The molecule has 1 heterocycles. The number of carbonyl (C=O) groups is 14. The van der Waals surface area contributed by atoms with Gasteiger partial charge >= 0.3 is 5.97 Å². The van der Waals surface area contributed by atoms with Gasteiger partial charge in [-0.05, 0) is 108 Å². The van der Waals surface area contributed by atoms with E-state index in [1.54, 1.807) is 27.7 Å². The summed E-state index contributed by atoms with van der Waals surface area (Å²) in [6, 6.07) is -8.36. The Hall–Kier alpha value is -9.29. The number of nitrogens with two attached hydrogens (primary N) is 5. The highest BCUT2D eigenvalue weighted by atomic mass is 16.4. The number of aromatic hydroxyl groups is 1. The summed E-state index contributed by atoms with van der Waals surface area (Å²) in [5.41, 5.74) is 27.8. The molecule has 95 heavy (non-hydrogen) atoms. The fourth-order valence-corrected chi connectivity index (χ4v) is 9.48. The minimum Gasteiger partial charge on any atom is -0.508 e. The number of nitrogens with one attached hydrogen (secondary N) is 11. The predicted octanol–water partition coefficient (Wildman–Crippen LogP) is -7.50. The summed E-state index contributed by atoms with van der Waals surface area (Å²) < 4.78 is 0. The second-order valence-corrected chi connectivity index (χ2v) is 23.5. The lowest BCUT2D eigenvalue weighted by molar-refractivity contribution is -0.142. The van der Waals surface area contributed by atoms with Crippen LogP contribution in [0.15, 0.2) is 29.3 Å². The number of aliphatic hydroxyl groups is 2. The molecule has 0 saturated carbocycles. The van der Waals surface area contributed by atoms with Crippen LogP contribution >= 0.6 is 0 Å². The first-order valence-corrected chi connectivity index (χ1v) is 31.3. The van der Waals surface area contributed by atoms with Crippen LogP contribution in [0.5, 0.6) is 5.75 Å². The van der Waals surface area contributed by atoms with Crippen LogP contribution in [-0.2, 0) is 73.5 Å². The molecule has 1 aliphatic rings. The number of hydrogen-bond acceptors (Lipinski definition) is 20. The number of hydrogen-bond donors (Lipinski definition) is 20. The number of carboxylic acids is 1. The SMILES string of the molecule is CC[C@H](C)[C@H](NC(=O)[C@@H](NC(=O)[C@H](CCCN=C(N)N)NC(=O)CNC(=O)[C@@H]1CCCN1C(=O)CNC(=O)[C@H](CCCCN)NC(=O)[C@@H](N)[C@@H](C)O)C(C)C)C(=O)N[C@@H](Cc1ccc(O)cc1)C(=O)N[C@@H](C)C(=O)N[C@H](C(=O)NCC(=O)N[C@@H](CCC(N)=O)C(=O)O)[C@@H](C)O. The molecule has 13 amide bonds. The van der Waals surface area contributed by atoms with Crippen LogP contribution in [0.1, 0.15) is 118 Å². The topological polar surface area (TPSA) is 598 Å². The number of benzene rings is 1. The third-order valence-electron chi connectivity index (χ3n) is 15.3. The molecule has 13 atom stereocenters. The first-order valence-electron chi connectivity index (χ1n) is 31.3. The van der Waals surface area contributed by atoms with Gasteiger partial charge in [0.1, 0.15) is 66.2 Å². The fraction of sp³-hybridized carbons (Fsp3) is 0.644. The number of nitrogens with zero attached hydrogens (tertiary/aromatic N) is 2. The van der Waals surface area contributed by atoms with E-state index in [0.717, 1.165) is 6.92 Å². The van der Waals surface area contributed by atoms with Gasteiger partial charge in [0.05, 0.1) is 31.8 Å². The maximum Gasteiger partial charge on any atom is 0.326 e. The number of phenolic OH excluding ortho intramolecular Hbond substituents is 1. The summed E-state index contributed by atoms with van der Waals surface area (Å²) in [7, 11) is 0. The summed E-state index contributed by atoms with van der Waals surface area (Å²) >= 11 is 0. The molecule has 1 aromatic carbocycles. The summed E-state index contributed by atoms with van der Waals surface area (Å²) in [6.07, 6.45) is -1.78. The number of phenols is 1. The monoisotopic (exact) mass is 1350 g/mol. The van der Waals surface area contributed by atoms with Gasteiger partial charge in [-0.15, -0.1) is 0 Å². The predicted molar refractivity (Wildman–Crippen MR) is 341 cm³/mol. The highest BCUT2D eigenvalue weighted by molar-refractivity contribution is 5.99. The fourth-order valence-electron chi connectivity index (χ4n) is 9.48. The first-order chi connectivity index (χ1) is 44.6. The highest BCUT2D eigenvalue weighted by Gasteiger charge is 2.38. The van der Waals surface area contributed by atoms with Crippen LogP contribution in [0.25, 0.3) is 0 Å². The lowest BCUT2D eigenvalue weighted by atomic mass is 9.95. The molecule has 0 radical (unpaired) electrons. The van der Waals surface area contributed by atoms with Crippen molar-refractivity contribution in [1.82, 2.24) is 63.4 Å². The molecule has 0 aliphatic carbocycles. The molecular formula is C59H98N18O18. The zero-order chi connectivity index (χ0) is 71.8. The smallest absolute Gasteiger partial charge is 0.326 e. The normalized spacial score (nSPS) is 16.5. The van der Waals surface area contributed by atoms with Gasteiger partial charge in [0.2, 0.25) is 76.8 Å². The highest BCUT2D eigenvalue weighted by Crippen LogP contribution is 2.19. The number of carboxylic acid groups (broad SMARTS) is 1. The molecule has 1 fully saturated rings. The molecule has 0 bridgehead atoms. The number of guanidine groups is 1. The van der Waals surface area contributed by atoms with Crippen molar-refractivity contribution in [2.45, 2.75) is 192 Å². The Kier molecular flexibility index (Phi) is 35.7. The molecule has 36 nitrogen and oxygen atoms in total. The number of primary amides is 1. The van der Waals surface area contributed by atoms with Gasteiger partial charge in [-0.25, -0.2) is 4.79 Å². The Bertz CT molecular complexity index is 2840. The molecule has 0 aromatic heterocycles. The third-order valence-corrected chi connectivity index (χ3v) is 15.3. The van der Waals surface area contributed by atoms with E-state index < -0.39 is 187 Å². The van der Waals surface area contributed by atoms with Crippen LogP contribution in [-0.4, -0.2) is 226 Å². The van der Waals surface area contributed by atoms with Gasteiger partial charge in [-0.1, -0.05) is 46.2 Å². The molecule has 0 spiro atoms. The first kappa shape index (κ1) is 81.8. The quantitative estimate of drug-likeness (QED) is 0.0164. The second kappa shape index (κ2) is 41.4. The van der Waals surface area contributed by atoms with Gasteiger partial charge in [0.15, 0.2) is 5.96 Å². The van der Waals surface area contributed by atoms with Gasteiger partial charge in [0, 0.05) is 25.9 Å². The average molecular weight is 1350 g/mol. The Morgan fingerprint density at radius 2 is 1.14 bits per heavy atom. The van der Waals surface area contributed by atoms with Crippen molar-refractivity contribution in [2.24, 2.45) is 45.5 Å². The minimum absolute atomic E-state index is 0.0119. The summed E-state index contributed by atoms with van der Waals surface area (Å²) in [4.78, 5) is 191. The number of rotatable bonds is 42. The molecule has 1 saturated heterocycles. The van der Waals surface area contributed by atoms with Crippen molar-refractivity contribution >= 4 is 88.7 Å². The molecule has 0 unspecified atom stereocenters. The maximum absolute atomic E-state index is 14.4. The number of aliphatic imine (C=N–C) groups is 1. The molecule has 1 aliphatic heterocycles. The van der Waals surface area contributed by atoms with Crippen LogP contribution in [0.2, 0.25) is 0 Å². The Balaban J connectivity index is 2.28. The number of unbranched alkanes of at least 4 members (excludes halogenated alkanes) is 1. The number of likely N-dealkylation sites (tertiary alicyclic amines) is 1. The summed E-state index contributed by atoms with van der Waals surface area (Å²) in [5, 5.41) is 66.6. The van der Waals surface area contributed by atoms with E-state index in [2.05, 4.69) is 63.5 Å². The van der Waals surface area contributed by atoms with Crippen LogP contribution in [0.3, 0.4) is 0 Å². The van der Waals surface area contributed by atoms with E-state index >= 15 is 0 Å². The largest absolute Gasteiger partial charge is 0.508 e. The molecule has 2 rings (SSSR count). The summed E-state index contributed by atoms with van der Waals surface area (Å²) in [5.74, 6) is -14.4. The standard InChI is InChI=1S/C59H98N18O18/c1-8-30(4)47(57(93)73-39(25-34-16-18-35(80)19-17-34)52(88)69-31(5)49(85)76-48(33(7)79)55(91)67-27-43(83)71-38(58(94)95)20-21-41(61)81)75-56(92)46(29(2)3)74-51(87)37(14-11-23-65-59(63)64)70-42(82)26-66-53(89)40-15-12-24-77(40)44(84)28-68-50(86)36(13-9-10-22-60)72-54(90)45(62)32(6)78/h16-19,29-33,36-40,45-48,78-80H,8-15,20-28,60,62H2,1-7H3,(H2,61,81)(H,66,89)(H,67,91)(H,68,86)(H,69,88)(H,70,82)(H,71,83)(H,72,90)(H,73,93)(H,74,87)(H,75,92)(H,76,85)(H,94,95)(H4,63,64,65)/t30-,31-,32+,33+,36-,37-,38-,39-,40-,45-,46-,47-,48-/m0/s1. The van der Waals surface area contributed by atoms with Crippen molar-refractivity contribution in [2.75, 3.05) is 39.3 Å². The molecule has 36 heteroatoms. The van der Waals surface area contributed by atoms with E-state index in [-0.39, 0.29) is 76.2 Å². The number of aliphatic carboxylic acids is 1. The van der Waals surface area contributed by atoms with E-state index in [0.29, 0.717) is 31.4 Å². The van der Waals surface area contributed by atoms with Gasteiger partial charge in [-0.3, -0.25) is 67.3 Å². The average Bonchev–Trinajstić information content (AvgIpc) is 2.02.